The van der Waals surface area contributed by atoms with Gasteiger partial charge in [0.1, 0.15) is 11.9 Å². The van der Waals surface area contributed by atoms with Crippen molar-refractivity contribution in [3.63, 3.8) is 0 Å². The maximum Gasteiger partial charge on any atom is 0.313 e. The molecule has 24 heavy (non-hydrogen) atoms. The highest BCUT2D eigenvalue weighted by Crippen LogP contribution is 2.40. The fourth-order valence-electron chi connectivity index (χ4n) is 3.51. The van der Waals surface area contributed by atoms with Crippen LogP contribution in [0.4, 0.5) is 4.39 Å². The van der Waals surface area contributed by atoms with Gasteiger partial charge in [-0.25, -0.2) is 4.39 Å². The molecule has 5 atom stereocenters. The van der Waals surface area contributed by atoms with Crippen LogP contribution >= 0.6 is 11.6 Å². The van der Waals surface area contributed by atoms with Crippen LogP contribution in [0.5, 0.6) is 0 Å². The Kier molecular flexibility index (Phi) is 6.04. The SMILES string of the molecule is C[C@@H]1CC([C@H](c2ccc(Cl)c(F)c2)[C@H](N=[N+]=[N-])C(=O)O)C[C@H](C)O1. The molecule has 0 amide bonds. The van der Waals surface area contributed by atoms with Crippen LogP contribution in [0.1, 0.15) is 38.2 Å². The van der Waals surface area contributed by atoms with E-state index in [1.165, 1.54) is 12.1 Å². The zero-order valence-corrected chi connectivity index (χ0v) is 14.2. The van der Waals surface area contributed by atoms with Crippen LogP contribution in [0.3, 0.4) is 0 Å². The molecule has 0 aliphatic carbocycles. The molecular formula is C16H19ClFN3O3. The lowest BCUT2D eigenvalue weighted by atomic mass is 9.74. The summed E-state index contributed by atoms with van der Waals surface area (Å²) in [6.07, 6.45) is 1.09. The Morgan fingerprint density at radius 1 is 1.46 bits per heavy atom. The van der Waals surface area contributed by atoms with Gasteiger partial charge in [0.15, 0.2) is 0 Å². The van der Waals surface area contributed by atoms with Crippen LogP contribution in [0.2, 0.25) is 5.02 Å². The average Bonchev–Trinajstić information content (AvgIpc) is 2.49. The van der Waals surface area contributed by atoms with Gasteiger partial charge in [0.05, 0.1) is 17.2 Å². The fourth-order valence-corrected chi connectivity index (χ4v) is 3.63. The van der Waals surface area contributed by atoms with E-state index in [2.05, 4.69) is 10.0 Å². The van der Waals surface area contributed by atoms with E-state index in [1.54, 1.807) is 6.07 Å². The Bertz CT molecular complexity index is 654. The summed E-state index contributed by atoms with van der Waals surface area (Å²) in [5.41, 5.74) is 9.22. The number of carbonyl (C=O) groups is 1. The largest absolute Gasteiger partial charge is 0.481 e. The van der Waals surface area contributed by atoms with Crippen molar-refractivity contribution in [3.05, 3.63) is 45.0 Å². The zero-order chi connectivity index (χ0) is 17.9. The van der Waals surface area contributed by atoms with E-state index in [9.17, 15) is 14.3 Å². The van der Waals surface area contributed by atoms with Gasteiger partial charge in [-0.15, -0.1) is 0 Å². The molecule has 0 bridgehead atoms. The van der Waals surface area contributed by atoms with Crippen LogP contribution in [0, 0.1) is 11.7 Å². The molecule has 1 fully saturated rings. The normalized spacial score (nSPS) is 26.2. The predicted molar refractivity (Wildman–Crippen MR) is 87.5 cm³/mol. The summed E-state index contributed by atoms with van der Waals surface area (Å²) in [6, 6.07) is 2.88. The smallest absolute Gasteiger partial charge is 0.313 e. The number of carboxylic acid groups (broad SMARTS) is 1. The minimum atomic E-state index is -1.32. The summed E-state index contributed by atoms with van der Waals surface area (Å²) in [5, 5.41) is 12.9. The molecule has 1 N–H and O–H groups in total. The molecule has 6 nitrogen and oxygen atoms in total. The highest BCUT2D eigenvalue weighted by molar-refractivity contribution is 6.30. The Morgan fingerprint density at radius 2 is 2.08 bits per heavy atom. The van der Waals surface area contributed by atoms with Crippen molar-refractivity contribution < 1.29 is 19.0 Å². The van der Waals surface area contributed by atoms with E-state index in [0.29, 0.717) is 18.4 Å². The number of carboxylic acids is 1. The van der Waals surface area contributed by atoms with Gasteiger partial charge in [0.25, 0.3) is 0 Å². The highest BCUT2D eigenvalue weighted by Gasteiger charge is 2.39. The second-order valence-corrected chi connectivity index (χ2v) is 6.58. The first-order valence-corrected chi connectivity index (χ1v) is 8.08. The molecular weight excluding hydrogens is 337 g/mol. The highest BCUT2D eigenvalue weighted by atomic mass is 35.5. The molecule has 0 aromatic heterocycles. The number of halogens is 2. The molecule has 0 saturated carbocycles. The summed E-state index contributed by atoms with van der Waals surface area (Å²) in [6.45, 7) is 3.82. The van der Waals surface area contributed by atoms with E-state index in [0.717, 1.165) is 0 Å². The van der Waals surface area contributed by atoms with Gasteiger partial charge >= 0.3 is 5.97 Å². The van der Waals surface area contributed by atoms with E-state index < -0.39 is 23.7 Å². The molecule has 1 aromatic carbocycles. The Balaban J connectivity index is 2.49. The fraction of sp³-hybridized carbons (Fsp3) is 0.562. The van der Waals surface area contributed by atoms with Crippen molar-refractivity contribution in [2.45, 2.75) is 50.9 Å². The minimum absolute atomic E-state index is 0.0399. The van der Waals surface area contributed by atoms with Gasteiger partial charge in [-0.1, -0.05) is 22.8 Å². The van der Waals surface area contributed by atoms with Crippen LogP contribution in [0.15, 0.2) is 23.3 Å². The van der Waals surface area contributed by atoms with Crippen molar-refractivity contribution >= 4 is 17.6 Å². The van der Waals surface area contributed by atoms with Gasteiger partial charge in [-0.3, -0.25) is 4.79 Å². The topological polar surface area (TPSA) is 95.3 Å². The maximum absolute atomic E-state index is 13.9. The molecule has 0 radical (unpaired) electrons. The van der Waals surface area contributed by atoms with Crippen LogP contribution in [-0.2, 0) is 9.53 Å². The molecule has 2 rings (SSSR count). The summed E-state index contributed by atoms with van der Waals surface area (Å²) in [4.78, 5) is 14.3. The van der Waals surface area contributed by atoms with E-state index in [4.69, 9.17) is 21.9 Å². The molecule has 1 saturated heterocycles. The monoisotopic (exact) mass is 355 g/mol. The number of aliphatic carboxylic acids is 1. The zero-order valence-electron chi connectivity index (χ0n) is 13.4. The van der Waals surface area contributed by atoms with Crippen LogP contribution in [0.25, 0.3) is 10.4 Å². The lowest BCUT2D eigenvalue weighted by molar-refractivity contribution is -0.140. The molecule has 8 heteroatoms. The predicted octanol–water partition coefficient (Wildman–Crippen LogP) is 4.53. The van der Waals surface area contributed by atoms with Crippen molar-refractivity contribution in [2.75, 3.05) is 0 Å². The molecule has 1 aliphatic rings. The van der Waals surface area contributed by atoms with E-state index in [-0.39, 0.29) is 23.1 Å². The lowest BCUT2D eigenvalue weighted by Gasteiger charge is -2.38. The number of hydrogen-bond donors (Lipinski definition) is 1. The number of rotatable bonds is 5. The third-order valence-electron chi connectivity index (χ3n) is 4.34. The maximum atomic E-state index is 13.9. The molecule has 1 unspecified atom stereocenters. The second-order valence-electron chi connectivity index (χ2n) is 6.18. The standard InChI is InChI=1S/C16H19ClFN3O3/c1-8-5-11(6-9(2)24-8)14(15(16(22)23)20-21-19)10-3-4-12(17)13(18)7-10/h3-4,7-9,11,14-15H,5-6H2,1-2H3,(H,22,23)/t8-,9+,11?,14-,15-/m0/s1. The van der Waals surface area contributed by atoms with Crippen molar-refractivity contribution in [2.24, 2.45) is 11.0 Å². The van der Waals surface area contributed by atoms with Crippen molar-refractivity contribution in [1.29, 1.82) is 0 Å². The van der Waals surface area contributed by atoms with Gasteiger partial charge in [0.2, 0.25) is 0 Å². The number of nitrogens with zero attached hydrogens (tertiary/aromatic N) is 3. The van der Waals surface area contributed by atoms with Crippen LogP contribution in [-0.4, -0.2) is 29.3 Å². The third-order valence-corrected chi connectivity index (χ3v) is 4.65. The van der Waals surface area contributed by atoms with Gasteiger partial charge in [-0.05, 0) is 55.8 Å². The molecule has 1 aliphatic heterocycles. The minimum Gasteiger partial charge on any atom is -0.481 e. The third kappa shape index (κ3) is 4.17. The first-order valence-electron chi connectivity index (χ1n) is 7.71. The Morgan fingerprint density at radius 3 is 2.58 bits per heavy atom. The summed E-state index contributed by atoms with van der Waals surface area (Å²) >= 11 is 5.73. The lowest BCUT2D eigenvalue weighted by Crippen LogP contribution is -2.38. The van der Waals surface area contributed by atoms with Gasteiger partial charge in [0, 0.05) is 10.8 Å². The average molecular weight is 356 g/mol. The Labute approximate surface area is 144 Å². The molecule has 1 aromatic rings. The summed E-state index contributed by atoms with van der Waals surface area (Å²) < 4.78 is 19.6. The quantitative estimate of drug-likeness (QED) is 0.477. The number of hydrogen-bond acceptors (Lipinski definition) is 3. The summed E-state index contributed by atoms with van der Waals surface area (Å²) in [7, 11) is 0. The molecule has 1 heterocycles. The summed E-state index contributed by atoms with van der Waals surface area (Å²) in [5.74, 6) is -2.63. The first-order chi connectivity index (χ1) is 11.3. The number of azide groups is 1. The van der Waals surface area contributed by atoms with Crippen molar-refractivity contribution in [3.8, 4) is 0 Å². The van der Waals surface area contributed by atoms with Gasteiger partial charge in [-0.2, -0.15) is 0 Å². The molecule has 130 valence electrons. The number of ether oxygens (including phenoxy) is 1. The first kappa shape index (κ1) is 18.5. The van der Waals surface area contributed by atoms with Crippen molar-refractivity contribution in [1.82, 2.24) is 0 Å². The van der Waals surface area contributed by atoms with Gasteiger partial charge < -0.3 is 9.84 Å². The Hall–Kier alpha value is -1.82. The second kappa shape index (κ2) is 7.83. The van der Waals surface area contributed by atoms with Crippen LogP contribution < -0.4 is 0 Å². The van der Waals surface area contributed by atoms with E-state index in [1.807, 2.05) is 13.8 Å². The van der Waals surface area contributed by atoms with E-state index >= 15 is 0 Å². The number of benzene rings is 1. The molecule has 0 spiro atoms.